The van der Waals surface area contributed by atoms with Gasteiger partial charge in [-0.3, -0.25) is 9.59 Å². The first-order valence-electron chi connectivity index (χ1n) is 3.71. The lowest BCUT2D eigenvalue weighted by Crippen LogP contribution is -2.08. The summed E-state index contributed by atoms with van der Waals surface area (Å²) in [5.74, 6) is -1.79. The molecule has 0 amide bonds. The number of rotatable bonds is 3. The largest absolute Gasteiger partial charge is 0.481 e. The fourth-order valence-corrected chi connectivity index (χ4v) is 1.60. The molecule has 0 saturated carbocycles. The van der Waals surface area contributed by atoms with Gasteiger partial charge in [0.2, 0.25) is 0 Å². The molecule has 0 aromatic heterocycles. The Morgan fingerprint density at radius 1 is 1.21 bits per heavy atom. The maximum absolute atomic E-state index is 11.3. The van der Waals surface area contributed by atoms with E-state index in [1.807, 2.05) is 0 Å². The minimum Gasteiger partial charge on any atom is -0.481 e. The zero-order valence-electron chi connectivity index (χ0n) is 6.96. The van der Waals surface area contributed by atoms with E-state index in [2.05, 4.69) is 0 Å². The molecule has 74 valence electrons. The lowest BCUT2D eigenvalue weighted by atomic mass is 10.1. The highest BCUT2D eigenvalue weighted by Gasteiger charge is 2.16. The first-order chi connectivity index (χ1) is 6.52. The second-order valence-corrected chi connectivity index (χ2v) is 3.40. The molecule has 0 heterocycles. The number of hydrogen-bond acceptors (Lipinski definition) is 2. The summed E-state index contributed by atoms with van der Waals surface area (Å²) in [4.78, 5) is 21.6. The molecular weight excluding hydrogens is 227 g/mol. The van der Waals surface area contributed by atoms with E-state index in [4.69, 9.17) is 28.3 Å². The van der Waals surface area contributed by atoms with Crippen molar-refractivity contribution in [3.05, 3.63) is 33.8 Å². The molecule has 1 aromatic rings. The van der Waals surface area contributed by atoms with E-state index in [0.29, 0.717) is 0 Å². The van der Waals surface area contributed by atoms with Crippen molar-refractivity contribution in [2.75, 3.05) is 0 Å². The van der Waals surface area contributed by atoms with Crippen LogP contribution in [0.3, 0.4) is 0 Å². The maximum atomic E-state index is 11.3. The second kappa shape index (κ2) is 4.44. The van der Waals surface area contributed by atoms with Crippen LogP contribution in [0.4, 0.5) is 0 Å². The fraction of sp³-hybridized carbons (Fsp3) is 0.111. The smallest absolute Gasteiger partial charge is 0.311 e. The average molecular weight is 233 g/mol. The SMILES string of the molecule is O=C(O)CC(=O)c1c(Cl)cccc1Cl. The summed E-state index contributed by atoms with van der Waals surface area (Å²) < 4.78 is 0. The van der Waals surface area contributed by atoms with Crippen molar-refractivity contribution in [3.8, 4) is 0 Å². The van der Waals surface area contributed by atoms with Gasteiger partial charge in [0, 0.05) is 0 Å². The molecule has 0 saturated heterocycles. The number of halogens is 2. The number of Topliss-reactive ketones (excluding diaryl/α,β-unsaturated/α-hetero) is 1. The third-order valence-electron chi connectivity index (χ3n) is 1.55. The average Bonchev–Trinajstić information content (AvgIpc) is 2.01. The van der Waals surface area contributed by atoms with Crippen molar-refractivity contribution in [1.29, 1.82) is 0 Å². The Morgan fingerprint density at radius 2 is 1.71 bits per heavy atom. The predicted molar refractivity (Wildman–Crippen MR) is 53.0 cm³/mol. The van der Waals surface area contributed by atoms with Gasteiger partial charge in [-0.05, 0) is 12.1 Å². The van der Waals surface area contributed by atoms with Gasteiger partial charge in [0.15, 0.2) is 5.78 Å². The number of carbonyl (C=O) groups is 2. The molecule has 0 bridgehead atoms. The molecule has 0 aliphatic heterocycles. The van der Waals surface area contributed by atoms with Crippen LogP contribution in [0, 0.1) is 0 Å². The third kappa shape index (κ3) is 2.47. The number of carboxylic acids is 1. The van der Waals surface area contributed by atoms with E-state index in [9.17, 15) is 9.59 Å². The van der Waals surface area contributed by atoms with Gasteiger partial charge in [0.1, 0.15) is 6.42 Å². The van der Waals surface area contributed by atoms with Crippen LogP contribution in [-0.4, -0.2) is 16.9 Å². The van der Waals surface area contributed by atoms with Crippen molar-refractivity contribution in [3.63, 3.8) is 0 Å². The summed E-state index contributed by atoms with van der Waals surface area (Å²) in [6.45, 7) is 0. The van der Waals surface area contributed by atoms with Gasteiger partial charge in [-0.25, -0.2) is 0 Å². The van der Waals surface area contributed by atoms with E-state index >= 15 is 0 Å². The summed E-state index contributed by atoms with van der Waals surface area (Å²) in [5.41, 5.74) is 0.0678. The Balaban J connectivity index is 3.06. The number of carboxylic acid groups (broad SMARTS) is 1. The zero-order valence-corrected chi connectivity index (χ0v) is 8.47. The zero-order chi connectivity index (χ0) is 10.7. The van der Waals surface area contributed by atoms with Crippen LogP contribution in [-0.2, 0) is 4.79 Å². The highest BCUT2D eigenvalue weighted by molar-refractivity contribution is 6.40. The van der Waals surface area contributed by atoms with Crippen LogP contribution < -0.4 is 0 Å². The van der Waals surface area contributed by atoms with E-state index < -0.39 is 18.2 Å². The summed E-state index contributed by atoms with van der Waals surface area (Å²) in [6.07, 6.45) is -0.608. The summed E-state index contributed by atoms with van der Waals surface area (Å²) in [5, 5.41) is 8.76. The van der Waals surface area contributed by atoms with Crippen molar-refractivity contribution in [2.45, 2.75) is 6.42 Å². The molecule has 0 aliphatic rings. The molecular formula is C9H6Cl2O3. The van der Waals surface area contributed by atoms with E-state index in [1.165, 1.54) is 12.1 Å². The van der Waals surface area contributed by atoms with Crippen LogP contribution in [0.5, 0.6) is 0 Å². The molecule has 1 aromatic carbocycles. The van der Waals surface area contributed by atoms with Gasteiger partial charge >= 0.3 is 5.97 Å². The summed E-state index contributed by atoms with van der Waals surface area (Å²) >= 11 is 11.4. The molecule has 0 fully saturated rings. The Bertz CT molecular complexity index is 367. The fourth-order valence-electron chi connectivity index (χ4n) is 0.990. The van der Waals surface area contributed by atoms with Crippen LogP contribution in [0.15, 0.2) is 18.2 Å². The van der Waals surface area contributed by atoms with Crippen molar-refractivity contribution in [2.24, 2.45) is 0 Å². The van der Waals surface area contributed by atoms with Crippen LogP contribution in [0.25, 0.3) is 0 Å². The molecule has 0 atom stereocenters. The summed E-state index contributed by atoms with van der Waals surface area (Å²) in [7, 11) is 0. The monoisotopic (exact) mass is 232 g/mol. The highest BCUT2D eigenvalue weighted by atomic mass is 35.5. The maximum Gasteiger partial charge on any atom is 0.311 e. The molecule has 0 spiro atoms. The van der Waals surface area contributed by atoms with Gasteiger partial charge in [-0.15, -0.1) is 0 Å². The Morgan fingerprint density at radius 3 is 2.14 bits per heavy atom. The quantitative estimate of drug-likeness (QED) is 0.644. The topological polar surface area (TPSA) is 54.4 Å². The molecule has 1 N–H and O–H groups in total. The van der Waals surface area contributed by atoms with Gasteiger partial charge in [0.25, 0.3) is 0 Å². The molecule has 0 radical (unpaired) electrons. The Hall–Kier alpha value is -1.06. The van der Waals surface area contributed by atoms with Crippen LogP contribution in [0.1, 0.15) is 16.8 Å². The molecule has 1 rings (SSSR count). The summed E-state index contributed by atoms with van der Waals surface area (Å²) in [6, 6.07) is 4.56. The first kappa shape index (κ1) is 11.0. The van der Waals surface area contributed by atoms with Gasteiger partial charge < -0.3 is 5.11 Å². The standard InChI is InChI=1S/C9H6Cl2O3/c10-5-2-1-3-6(11)9(5)7(12)4-8(13)14/h1-3H,4H2,(H,13,14). The Kier molecular flexibility index (Phi) is 3.49. The van der Waals surface area contributed by atoms with Gasteiger partial charge in [-0.1, -0.05) is 29.3 Å². The predicted octanol–water partition coefficient (Wildman–Crippen LogP) is 2.65. The van der Waals surface area contributed by atoms with Gasteiger partial charge in [-0.2, -0.15) is 0 Å². The van der Waals surface area contributed by atoms with Crippen molar-refractivity contribution in [1.82, 2.24) is 0 Å². The normalized spacial score (nSPS) is 9.86. The number of ketones is 1. The number of hydrogen-bond donors (Lipinski definition) is 1. The second-order valence-electron chi connectivity index (χ2n) is 2.59. The lowest BCUT2D eigenvalue weighted by Gasteiger charge is -2.03. The number of aliphatic carboxylic acids is 1. The van der Waals surface area contributed by atoms with Crippen LogP contribution in [0.2, 0.25) is 10.0 Å². The molecule has 14 heavy (non-hydrogen) atoms. The highest BCUT2D eigenvalue weighted by Crippen LogP contribution is 2.25. The minimum atomic E-state index is -1.20. The minimum absolute atomic E-state index is 0.0678. The third-order valence-corrected chi connectivity index (χ3v) is 2.18. The Labute approximate surface area is 90.3 Å². The molecule has 3 nitrogen and oxygen atoms in total. The molecule has 0 aliphatic carbocycles. The van der Waals surface area contributed by atoms with E-state index in [1.54, 1.807) is 6.07 Å². The lowest BCUT2D eigenvalue weighted by molar-refractivity contribution is -0.135. The molecule has 5 heteroatoms. The van der Waals surface area contributed by atoms with Crippen molar-refractivity contribution < 1.29 is 14.7 Å². The van der Waals surface area contributed by atoms with E-state index in [-0.39, 0.29) is 15.6 Å². The first-order valence-corrected chi connectivity index (χ1v) is 4.47. The van der Waals surface area contributed by atoms with Crippen LogP contribution >= 0.6 is 23.2 Å². The number of carbonyl (C=O) groups excluding carboxylic acids is 1. The van der Waals surface area contributed by atoms with E-state index in [0.717, 1.165) is 0 Å². The van der Waals surface area contributed by atoms with Crippen molar-refractivity contribution >= 4 is 35.0 Å². The van der Waals surface area contributed by atoms with Gasteiger partial charge in [0.05, 0.1) is 15.6 Å². The molecule has 0 unspecified atom stereocenters. The number of benzene rings is 1.